The summed E-state index contributed by atoms with van der Waals surface area (Å²) in [5.41, 5.74) is -0.156. The molecule has 9 heteroatoms. The highest BCUT2D eigenvalue weighted by Crippen LogP contribution is 2.27. The lowest BCUT2D eigenvalue weighted by Gasteiger charge is -2.17. The van der Waals surface area contributed by atoms with Crippen LogP contribution in [0.5, 0.6) is 0 Å². The number of hydrogen-bond donors (Lipinski definition) is 2. The molecule has 2 N–H and O–H groups in total. The Kier molecular flexibility index (Phi) is 6.18. The third-order valence-corrected chi connectivity index (χ3v) is 4.83. The second-order valence-corrected chi connectivity index (χ2v) is 6.84. The summed E-state index contributed by atoms with van der Waals surface area (Å²) in [5.74, 6) is -0.109. The van der Waals surface area contributed by atoms with Crippen molar-refractivity contribution in [3.63, 3.8) is 0 Å². The Labute approximate surface area is 160 Å². The number of aromatic nitrogens is 3. The lowest BCUT2D eigenvalue weighted by molar-refractivity contribution is -0.0464. The summed E-state index contributed by atoms with van der Waals surface area (Å²) < 4.78 is 7.87. The van der Waals surface area contributed by atoms with Crippen molar-refractivity contribution < 1.29 is 19.7 Å². The first-order valence-corrected chi connectivity index (χ1v) is 9.12. The monoisotopic (exact) mass is 389 g/mol. The Bertz CT molecular complexity index is 952. The van der Waals surface area contributed by atoms with E-state index >= 15 is 0 Å². The summed E-state index contributed by atoms with van der Waals surface area (Å²) >= 11 is 0. The van der Waals surface area contributed by atoms with E-state index in [4.69, 9.17) is 4.74 Å². The van der Waals surface area contributed by atoms with Gasteiger partial charge in [0.15, 0.2) is 5.78 Å². The van der Waals surface area contributed by atoms with E-state index < -0.39 is 29.7 Å². The minimum atomic E-state index is -0.889. The lowest BCUT2D eigenvalue weighted by atomic mass is 10.1. The molecule has 1 saturated heterocycles. The van der Waals surface area contributed by atoms with Gasteiger partial charge in [0.05, 0.1) is 12.7 Å². The van der Waals surface area contributed by atoms with Crippen molar-refractivity contribution in [3.05, 3.63) is 62.7 Å². The van der Waals surface area contributed by atoms with E-state index in [1.165, 1.54) is 17.0 Å². The average Bonchev–Trinajstić information content (AvgIpc) is 3.08. The molecule has 2 aromatic heterocycles. The molecule has 150 valence electrons. The van der Waals surface area contributed by atoms with Gasteiger partial charge in [-0.3, -0.25) is 23.7 Å². The molecule has 0 saturated carbocycles. The summed E-state index contributed by atoms with van der Waals surface area (Å²) in [4.78, 5) is 41.3. The van der Waals surface area contributed by atoms with Crippen molar-refractivity contribution in [1.82, 2.24) is 14.1 Å². The second-order valence-electron chi connectivity index (χ2n) is 6.84. The number of aliphatic hydroxyl groups excluding tert-OH is 2. The molecule has 0 aliphatic carbocycles. The highest BCUT2D eigenvalue weighted by Gasteiger charge is 2.35. The molecule has 0 unspecified atom stereocenters. The number of carbonyl (C=O) groups excluding carboxylic acids is 1. The molecular formula is C19H23N3O6. The van der Waals surface area contributed by atoms with E-state index in [1.54, 1.807) is 25.3 Å². The lowest BCUT2D eigenvalue weighted by Crippen LogP contribution is -2.42. The third-order valence-electron chi connectivity index (χ3n) is 4.83. The van der Waals surface area contributed by atoms with E-state index in [2.05, 4.69) is 4.98 Å². The fourth-order valence-corrected chi connectivity index (χ4v) is 3.28. The van der Waals surface area contributed by atoms with Crippen LogP contribution in [-0.2, 0) is 11.3 Å². The first-order valence-electron chi connectivity index (χ1n) is 9.12. The minimum absolute atomic E-state index is 0.0874. The largest absolute Gasteiger partial charge is 0.394 e. The Morgan fingerprint density at radius 3 is 2.82 bits per heavy atom. The van der Waals surface area contributed by atoms with E-state index in [0.29, 0.717) is 17.5 Å². The van der Waals surface area contributed by atoms with Crippen molar-refractivity contribution >= 4 is 5.78 Å². The van der Waals surface area contributed by atoms with Gasteiger partial charge in [0, 0.05) is 49.1 Å². The van der Waals surface area contributed by atoms with Crippen LogP contribution >= 0.6 is 0 Å². The van der Waals surface area contributed by atoms with Gasteiger partial charge in [-0.05, 0) is 25.5 Å². The smallest absolute Gasteiger partial charge is 0.333 e. The van der Waals surface area contributed by atoms with Gasteiger partial charge in [-0.2, -0.15) is 0 Å². The van der Waals surface area contributed by atoms with E-state index in [1.807, 2.05) is 0 Å². The van der Waals surface area contributed by atoms with Crippen LogP contribution in [0.2, 0.25) is 0 Å². The summed E-state index contributed by atoms with van der Waals surface area (Å²) in [7, 11) is 0. The summed E-state index contributed by atoms with van der Waals surface area (Å²) in [6, 6.07) is 3.34. The number of nitrogens with zero attached hydrogens (tertiary/aromatic N) is 3. The molecule has 9 nitrogen and oxygen atoms in total. The van der Waals surface area contributed by atoms with E-state index in [9.17, 15) is 24.6 Å². The molecule has 3 heterocycles. The molecule has 0 amide bonds. The van der Waals surface area contributed by atoms with Gasteiger partial charge in [0.25, 0.3) is 5.56 Å². The zero-order valence-corrected chi connectivity index (χ0v) is 15.5. The fourth-order valence-electron chi connectivity index (χ4n) is 3.28. The zero-order valence-electron chi connectivity index (χ0n) is 15.5. The molecule has 2 aromatic rings. The fraction of sp³-hybridized carbons (Fsp3) is 0.474. The van der Waals surface area contributed by atoms with Crippen molar-refractivity contribution in [3.8, 4) is 0 Å². The average molecular weight is 389 g/mol. The Morgan fingerprint density at radius 2 is 2.18 bits per heavy atom. The predicted molar refractivity (Wildman–Crippen MR) is 99.1 cm³/mol. The number of Topliss-reactive ketones (excluding diaryl/α,β-unsaturated/α-hetero) is 1. The Balaban J connectivity index is 1.76. The van der Waals surface area contributed by atoms with Crippen LogP contribution in [-0.4, -0.2) is 48.9 Å². The summed E-state index contributed by atoms with van der Waals surface area (Å²) in [5, 5.41) is 19.1. The van der Waals surface area contributed by atoms with Gasteiger partial charge in [0.2, 0.25) is 0 Å². The Morgan fingerprint density at radius 1 is 1.39 bits per heavy atom. The molecule has 3 atom stereocenters. The molecule has 1 aliphatic heterocycles. The molecule has 28 heavy (non-hydrogen) atoms. The molecule has 3 rings (SSSR count). The number of aryl methyl sites for hydroxylation is 1. The number of pyridine rings is 1. The Hall–Kier alpha value is -2.62. The second kappa shape index (κ2) is 8.59. The molecule has 1 fully saturated rings. The van der Waals surface area contributed by atoms with Crippen molar-refractivity contribution in [2.24, 2.45) is 0 Å². The van der Waals surface area contributed by atoms with Crippen molar-refractivity contribution in [1.29, 1.82) is 0 Å². The number of carbonyl (C=O) groups is 1. The first-order chi connectivity index (χ1) is 13.4. The van der Waals surface area contributed by atoms with Crippen LogP contribution in [0, 0.1) is 6.92 Å². The molecule has 0 aromatic carbocycles. The van der Waals surface area contributed by atoms with Gasteiger partial charge >= 0.3 is 5.69 Å². The molecular weight excluding hydrogens is 366 g/mol. The number of hydrogen-bond acceptors (Lipinski definition) is 7. The van der Waals surface area contributed by atoms with E-state index in [-0.39, 0.29) is 31.8 Å². The molecule has 0 spiro atoms. The maximum atomic E-state index is 12.8. The standard InChI is InChI=1S/C19H23N3O6/c1-12-10-22(17-8-15(25)16(11-23)28-17)19(27)21(18(12)26)7-3-5-14(24)13-4-2-6-20-9-13/h2,4,6,9-10,15-17,23,25H,3,5,7-8,11H2,1H3/t15-,16+,17+/m0/s1. The zero-order chi connectivity index (χ0) is 20.3. The maximum absolute atomic E-state index is 12.8. The normalized spacial score (nSPS) is 21.8. The van der Waals surface area contributed by atoms with Crippen LogP contribution in [0.4, 0.5) is 0 Å². The summed E-state index contributed by atoms with van der Waals surface area (Å²) in [6.07, 6.45) is 2.68. The quantitative estimate of drug-likeness (QED) is 0.640. The van der Waals surface area contributed by atoms with E-state index in [0.717, 1.165) is 4.57 Å². The highest BCUT2D eigenvalue weighted by atomic mass is 16.5. The van der Waals surface area contributed by atoms with Crippen LogP contribution < -0.4 is 11.2 Å². The molecule has 0 radical (unpaired) electrons. The van der Waals surface area contributed by atoms with Crippen LogP contribution in [0.3, 0.4) is 0 Å². The first kappa shape index (κ1) is 20.1. The number of ether oxygens (including phenoxy) is 1. The van der Waals surface area contributed by atoms with Gasteiger partial charge in [0.1, 0.15) is 12.3 Å². The van der Waals surface area contributed by atoms with Crippen LogP contribution in [0.15, 0.2) is 40.3 Å². The third kappa shape index (κ3) is 4.11. The number of aliphatic hydroxyl groups is 2. The van der Waals surface area contributed by atoms with Crippen molar-refractivity contribution in [2.45, 2.75) is 51.2 Å². The molecule has 0 bridgehead atoms. The van der Waals surface area contributed by atoms with Crippen LogP contribution in [0.25, 0.3) is 0 Å². The SMILES string of the molecule is Cc1cn([C@H]2C[C@H](O)[C@@H](CO)O2)c(=O)n(CCCC(=O)c2cccnc2)c1=O. The van der Waals surface area contributed by atoms with Gasteiger partial charge in [-0.25, -0.2) is 4.79 Å². The van der Waals surface area contributed by atoms with Gasteiger partial charge in [-0.15, -0.1) is 0 Å². The highest BCUT2D eigenvalue weighted by molar-refractivity contribution is 5.95. The predicted octanol–water partition coefficient (Wildman–Crippen LogP) is 0.0172. The topological polar surface area (TPSA) is 124 Å². The van der Waals surface area contributed by atoms with Crippen LogP contribution in [0.1, 0.15) is 41.4 Å². The number of ketones is 1. The molecule has 1 aliphatic rings. The number of rotatable bonds is 7. The van der Waals surface area contributed by atoms with Gasteiger partial charge in [-0.1, -0.05) is 0 Å². The summed E-state index contributed by atoms with van der Waals surface area (Å²) in [6.45, 7) is 1.32. The maximum Gasteiger partial charge on any atom is 0.333 e. The van der Waals surface area contributed by atoms with Gasteiger partial charge < -0.3 is 14.9 Å². The van der Waals surface area contributed by atoms with Crippen molar-refractivity contribution in [2.75, 3.05) is 6.61 Å². The minimum Gasteiger partial charge on any atom is -0.394 e.